The van der Waals surface area contributed by atoms with Gasteiger partial charge in [0.05, 0.1) is 15.6 Å². The summed E-state index contributed by atoms with van der Waals surface area (Å²) in [6.45, 7) is 6.00. The number of hydrogen-bond acceptors (Lipinski definition) is 3. The molecule has 0 aliphatic heterocycles. The maximum Gasteiger partial charge on any atom is 0.248 e. The number of sulfonamides is 1. The molecular weight excluding hydrogens is 312 g/mol. The Labute approximate surface area is 130 Å². The Kier molecular flexibility index (Phi) is 6.39. The van der Waals surface area contributed by atoms with Crippen molar-refractivity contribution < 1.29 is 13.2 Å². The third-order valence-electron chi connectivity index (χ3n) is 2.86. The van der Waals surface area contributed by atoms with Crippen molar-refractivity contribution >= 4 is 33.2 Å². The molecule has 116 valence electrons. The molecule has 0 saturated heterocycles. The lowest BCUT2D eigenvalue weighted by molar-refractivity contribution is -0.111. The Morgan fingerprint density at radius 3 is 2.48 bits per heavy atom. The number of halogens is 1. The number of benzene rings is 1. The van der Waals surface area contributed by atoms with Gasteiger partial charge in [-0.05, 0) is 31.2 Å². The van der Waals surface area contributed by atoms with Crippen LogP contribution in [0.2, 0.25) is 5.02 Å². The van der Waals surface area contributed by atoms with E-state index in [4.69, 9.17) is 11.6 Å². The second-order valence-corrected chi connectivity index (χ2v) is 6.57. The first-order chi connectivity index (χ1) is 9.86. The van der Waals surface area contributed by atoms with Gasteiger partial charge in [-0.3, -0.25) is 4.79 Å². The maximum atomic E-state index is 12.4. The molecule has 1 amide bonds. The van der Waals surface area contributed by atoms with Crippen LogP contribution in [0.25, 0.3) is 0 Å². The van der Waals surface area contributed by atoms with E-state index in [-0.39, 0.29) is 21.5 Å². The summed E-state index contributed by atoms with van der Waals surface area (Å²) in [5, 5.41) is 2.84. The predicted octanol–water partition coefficient (Wildman–Crippen LogP) is 2.89. The Balaban J connectivity index is 3.20. The smallest absolute Gasteiger partial charge is 0.248 e. The maximum absolute atomic E-state index is 12.4. The average molecular weight is 331 g/mol. The molecule has 7 heteroatoms. The molecule has 0 saturated carbocycles. The fraction of sp³-hybridized carbons (Fsp3) is 0.357. The van der Waals surface area contributed by atoms with Crippen molar-refractivity contribution in [3.05, 3.63) is 35.4 Å². The van der Waals surface area contributed by atoms with Crippen molar-refractivity contribution in [3.8, 4) is 0 Å². The zero-order valence-corrected chi connectivity index (χ0v) is 13.8. The van der Waals surface area contributed by atoms with E-state index in [1.807, 2.05) is 0 Å². The molecule has 0 fully saturated rings. The fourth-order valence-electron chi connectivity index (χ4n) is 1.80. The SMILES string of the molecule is C/C=C/C(=O)Nc1cc(S(=O)(=O)N(CC)CC)ccc1Cl. The lowest BCUT2D eigenvalue weighted by Gasteiger charge is -2.19. The lowest BCUT2D eigenvalue weighted by Crippen LogP contribution is -2.30. The average Bonchev–Trinajstić information content (AvgIpc) is 2.42. The normalized spacial score (nSPS) is 12.0. The Bertz CT molecular complexity index is 638. The van der Waals surface area contributed by atoms with Gasteiger partial charge in [-0.25, -0.2) is 8.42 Å². The first-order valence-corrected chi connectivity index (χ1v) is 8.42. The summed E-state index contributed by atoms with van der Waals surface area (Å²) < 4.78 is 26.2. The topological polar surface area (TPSA) is 66.5 Å². The molecule has 0 bridgehead atoms. The van der Waals surface area contributed by atoms with Crippen molar-refractivity contribution in [2.75, 3.05) is 18.4 Å². The second kappa shape index (κ2) is 7.59. The highest BCUT2D eigenvalue weighted by Crippen LogP contribution is 2.27. The van der Waals surface area contributed by atoms with Crippen molar-refractivity contribution in [2.24, 2.45) is 0 Å². The quantitative estimate of drug-likeness (QED) is 0.815. The monoisotopic (exact) mass is 330 g/mol. The van der Waals surface area contributed by atoms with Crippen LogP contribution < -0.4 is 5.32 Å². The van der Waals surface area contributed by atoms with Gasteiger partial charge in [0, 0.05) is 13.1 Å². The van der Waals surface area contributed by atoms with Crippen molar-refractivity contribution in [3.63, 3.8) is 0 Å². The van der Waals surface area contributed by atoms with Crippen LogP contribution in [-0.2, 0) is 14.8 Å². The highest BCUT2D eigenvalue weighted by atomic mass is 35.5. The van der Waals surface area contributed by atoms with Gasteiger partial charge in [0.1, 0.15) is 0 Å². The molecule has 1 rings (SSSR count). The largest absolute Gasteiger partial charge is 0.321 e. The minimum absolute atomic E-state index is 0.103. The van der Waals surface area contributed by atoms with Gasteiger partial charge in [-0.2, -0.15) is 4.31 Å². The first kappa shape index (κ1) is 17.7. The van der Waals surface area contributed by atoms with E-state index in [1.165, 1.54) is 28.6 Å². The number of rotatable bonds is 6. The van der Waals surface area contributed by atoms with Crippen LogP contribution in [0.1, 0.15) is 20.8 Å². The molecule has 0 heterocycles. The van der Waals surface area contributed by atoms with Gasteiger partial charge in [-0.1, -0.05) is 31.5 Å². The van der Waals surface area contributed by atoms with E-state index >= 15 is 0 Å². The number of carbonyl (C=O) groups excluding carboxylic acids is 1. The van der Waals surface area contributed by atoms with Crippen LogP contribution in [0.4, 0.5) is 5.69 Å². The van der Waals surface area contributed by atoms with Gasteiger partial charge < -0.3 is 5.32 Å². The minimum Gasteiger partial charge on any atom is -0.321 e. The molecule has 1 aromatic rings. The van der Waals surface area contributed by atoms with Gasteiger partial charge in [-0.15, -0.1) is 0 Å². The molecule has 1 N–H and O–H groups in total. The standard InChI is InChI=1S/C14H19ClN2O3S/c1-4-7-14(18)16-13-10-11(8-9-12(13)15)21(19,20)17(5-2)6-3/h4,7-10H,5-6H2,1-3H3,(H,16,18)/b7-4+. The van der Waals surface area contributed by atoms with Crippen LogP contribution in [0, 0.1) is 0 Å². The molecule has 21 heavy (non-hydrogen) atoms. The molecule has 0 aliphatic carbocycles. The molecule has 0 aromatic heterocycles. The highest BCUT2D eigenvalue weighted by molar-refractivity contribution is 7.89. The van der Waals surface area contributed by atoms with Crippen LogP contribution in [0.5, 0.6) is 0 Å². The van der Waals surface area contributed by atoms with Gasteiger partial charge in [0.25, 0.3) is 0 Å². The van der Waals surface area contributed by atoms with Gasteiger partial charge >= 0.3 is 0 Å². The number of amides is 1. The Morgan fingerprint density at radius 2 is 1.95 bits per heavy atom. The van der Waals surface area contributed by atoms with Crippen LogP contribution in [0.15, 0.2) is 35.2 Å². The molecular formula is C14H19ClN2O3S. The first-order valence-electron chi connectivity index (χ1n) is 6.60. The van der Waals surface area contributed by atoms with E-state index in [1.54, 1.807) is 26.8 Å². The molecule has 0 spiro atoms. The number of nitrogens with one attached hydrogen (secondary N) is 1. The fourth-order valence-corrected chi connectivity index (χ4v) is 3.45. The van der Waals surface area contributed by atoms with Crippen LogP contribution in [-0.4, -0.2) is 31.7 Å². The lowest BCUT2D eigenvalue weighted by atomic mass is 10.3. The molecule has 1 aromatic carbocycles. The summed E-state index contributed by atoms with van der Waals surface area (Å²) in [7, 11) is -3.58. The second-order valence-electron chi connectivity index (χ2n) is 4.22. The highest BCUT2D eigenvalue weighted by Gasteiger charge is 2.22. The number of nitrogens with zero attached hydrogens (tertiary/aromatic N) is 1. The number of allylic oxidation sites excluding steroid dienone is 1. The summed E-state index contributed by atoms with van der Waals surface area (Å²) in [6.07, 6.45) is 2.92. The number of carbonyl (C=O) groups is 1. The predicted molar refractivity (Wildman–Crippen MR) is 85.0 cm³/mol. The Morgan fingerprint density at radius 1 is 1.33 bits per heavy atom. The van der Waals surface area contributed by atoms with Gasteiger partial charge in [0.2, 0.25) is 15.9 Å². The summed E-state index contributed by atoms with van der Waals surface area (Å²) in [6, 6.07) is 4.27. The summed E-state index contributed by atoms with van der Waals surface area (Å²) >= 11 is 5.99. The molecule has 0 atom stereocenters. The molecule has 0 aliphatic rings. The number of anilines is 1. The third-order valence-corrected chi connectivity index (χ3v) is 5.23. The summed E-state index contributed by atoms with van der Waals surface area (Å²) in [4.78, 5) is 11.7. The van der Waals surface area contributed by atoms with Crippen LogP contribution >= 0.6 is 11.6 Å². The third kappa shape index (κ3) is 4.30. The summed E-state index contributed by atoms with van der Waals surface area (Å²) in [5.74, 6) is -0.364. The van der Waals surface area contributed by atoms with E-state index in [9.17, 15) is 13.2 Å². The van der Waals surface area contributed by atoms with E-state index < -0.39 is 10.0 Å². The van der Waals surface area contributed by atoms with Crippen molar-refractivity contribution in [1.29, 1.82) is 0 Å². The zero-order chi connectivity index (χ0) is 16.0. The molecule has 0 radical (unpaired) electrons. The minimum atomic E-state index is -3.58. The molecule has 5 nitrogen and oxygen atoms in total. The van der Waals surface area contributed by atoms with E-state index in [0.717, 1.165) is 0 Å². The zero-order valence-electron chi connectivity index (χ0n) is 12.3. The van der Waals surface area contributed by atoms with E-state index in [2.05, 4.69) is 5.32 Å². The van der Waals surface area contributed by atoms with Crippen LogP contribution in [0.3, 0.4) is 0 Å². The Hall–Kier alpha value is -1.37. The molecule has 0 unspecified atom stereocenters. The number of hydrogen-bond donors (Lipinski definition) is 1. The van der Waals surface area contributed by atoms with Crippen molar-refractivity contribution in [2.45, 2.75) is 25.7 Å². The van der Waals surface area contributed by atoms with E-state index in [0.29, 0.717) is 13.1 Å². The van der Waals surface area contributed by atoms with Gasteiger partial charge in [0.15, 0.2) is 0 Å². The van der Waals surface area contributed by atoms with Crippen molar-refractivity contribution in [1.82, 2.24) is 4.31 Å². The summed E-state index contributed by atoms with van der Waals surface area (Å²) in [5.41, 5.74) is 0.271.